The van der Waals surface area contributed by atoms with E-state index in [1.807, 2.05) is 6.92 Å². The van der Waals surface area contributed by atoms with Gasteiger partial charge in [0.05, 0.1) is 0 Å². The maximum absolute atomic E-state index is 9.11. The van der Waals surface area contributed by atoms with E-state index in [4.69, 9.17) is 10.2 Å². The Labute approximate surface area is 68.2 Å². The van der Waals surface area contributed by atoms with Gasteiger partial charge in [-0.1, -0.05) is 19.3 Å². The fourth-order valence-electron chi connectivity index (χ4n) is 0.703. The van der Waals surface area contributed by atoms with Gasteiger partial charge >= 0.3 is 0 Å². The van der Waals surface area contributed by atoms with Crippen LogP contribution in [0.5, 0.6) is 0 Å². The van der Waals surface area contributed by atoms with Crippen molar-refractivity contribution in [2.45, 2.75) is 38.7 Å². The lowest BCUT2D eigenvalue weighted by Crippen LogP contribution is -2.00. The van der Waals surface area contributed by atoms with E-state index in [9.17, 15) is 0 Å². The van der Waals surface area contributed by atoms with E-state index >= 15 is 0 Å². The molecule has 64 valence electrons. The molecular formula is C9H16O2. The van der Waals surface area contributed by atoms with E-state index in [1.165, 1.54) is 0 Å². The normalized spacial score (nSPS) is 11.9. The summed E-state index contributed by atoms with van der Waals surface area (Å²) in [7, 11) is 0. The van der Waals surface area contributed by atoms with Crippen LogP contribution in [0.25, 0.3) is 0 Å². The smallest absolute Gasteiger partial charge is 0.114 e. The van der Waals surface area contributed by atoms with Gasteiger partial charge in [-0.15, -0.1) is 5.92 Å². The molecule has 1 atom stereocenters. The molecule has 0 radical (unpaired) electrons. The SMILES string of the molecule is CCCC(O)C#CCCCO. The van der Waals surface area contributed by atoms with E-state index in [0.717, 1.165) is 12.8 Å². The molecule has 0 aromatic heterocycles. The van der Waals surface area contributed by atoms with Crippen LogP contribution in [0.2, 0.25) is 0 Å². The first-order chi connectivity index (χ1) is 5.31. The Kier molecular flexibility index (Phi) is 7.23. The third-order valence-electron chi connectivity index (χ3n) is 1.29. The molecule has 0 fully saturated rings. The summed E-state index contributed by atoms with van der Waals surface area (Å²) < 4.78 is 0. The van der Waals surface area contributed by atoms with Gasteiger partial charge in [-0.25, -0.2) is 0 Å². The number of hydrogen-bond acceptors (Lipinski definition) is 2. The third-order valence-corrected chi connectivity index (χ3v) is 1.29. The monoisotopic (exact) mass is 156 g/mol. The molecule has 0 aliphatic carbocycles. The van der Waals surface area contributed by atoms with Gasteiger partial charge in [0.1, 0.15) is 6.10 Å². The molecule has 2 N–H and O–H groups in total. The van der Waals surface area contributed by atoms with E-state index in [0.29, 0.717) is 12.8 Å². The van der Waals surface area contributed by atoms with E-state index in [2.05, 4.69) is 11.8 Å². The van der Waals surface area contributed by atoms with Crippen molar-refractivity contribution >= 4 is 0 Å². The average Bonchev–Trinajstić information content (AvgIpc) is 1.99. The summed E-state index contributed by atoms with van der Waals surface area (Å²) in [5.41, 5.74) is 0. The molecular weight excluding hydrogens is 140 g/mol. The van der Waals surface area contributed by atoms with Crippen LogP contribution in [-0.4, -0.2) is 22.9 Å². The molecule has 0 saturated heterocycles. The lowest BCUT2D eigenvalue weighted by atomic mass is 10.2. The molecule has 0 aromatic rings. The van der Waals surface area contributed by atoms with Gasteiger partial charge in [0.2, 0.25) is 0 Å². The molecule has 11 heavy (non-hydrogen) atoms. The van der Waals surface area contributed by atoms with Crippen LogP contribution in [0.4, 0.5) is 0 Å². The molecule has 0 spiro atoms. The average molecular weight is 156 g/mol. The maximum Gasteiger partial charge on any atom is 0.114 e. The van der Waals surface area contributed by atoms with Crippen molar-refractivity contribution in [1.29, 1.82) is 0 Å². The molecule has 0 bridgehead atoms. The Hall–Kier alpha value is -0.520. The molecule has 2 heteroatoms. The Bertz CT molecular complexity index is 132. The highest BCUT2D eigenvalue weighted by molar-refractivity contribution is 5.04. The summed E-state index contributed by atoms with van der Waals surface area (Å²) in [5.74, 6) is 5.52. The molecule has 0 saturated carbocycles. The number of hydrogen-bond donors (Lipinski definition) is 2. The number of aliphatic hydroxyl groups is 2. The summed E-state index contributed by atoms with van der Waals surface area (Å²) in [6.07, 6.45) is 2.60. The Morgan fingerprint density at radius 1 is 1.45 bits per heavy atom. The van der Waals surface area contributed by atoms with Crippen molar-refractivity contribution in [3.8, 4) is 11.8 Å². The third kappa shape index (κ3) is 7.38. The first-order valence-electron chi connectivity index (χ1n) is 4.08. The van der Waals surface area contributed by atoms with Gasteiger partial charge in [0.15, 0.2) is 0 Å². The second kappa shape index (κ2) is 7.59. The fourth-order valence-corrected chi connectivity index (χ4v) is 0.703. The summed E-state index contributed by atoms with van der Waals surface area (Å²) in [4.78, 5) is 0. The molecule has 0 aromatic carbocycles. The summed E-state index contributed by atoms with van der Waals surface area (Å²) in [6.45, 7) is 2.19. The van der Waals surface area contributed by atoms with Crippen LogP contribution in [-0.2, 0) is 0 Å². The van der Waals surface area contributed by atoms with Crippen molar-refractivity contribution in [2.75, 3.05) is 6.61 Å². The Morgan fingerprint density at radius 3 is 2.73 bits per heavy atom. The van der Waals surface area contributed by atoms with Crippen LogP contribution in [0, 0.1) is 11.8 Å². The van der Waals surface area contributed by atoms with Crippen LogP contribution >= 0.6 is 0 Å². The molecule has 0 rings (SSSR count). The first-order valence-corrected chi connectivity index (χ1v) is 4.08. The molecule has 0 heterocycles. The van der Waals surface area contributed by atoms with Gasteiger partial charge in [-0.2, -0.15) is 0 Å². The highest BCUT2D eigenvalue weighted by Crippen LogP contribution is 1.93. The van der Waals surface area contributed by atoms with E-state index in [-0.39, 0.29) is 6.61 Å². The molecule has 2 nitrogen and oxygen atoms in total. The summed E-state index contributed by atoms with van der Waals surface area (Å²) >= 11 is 0. The van der Waals surface area contributed by atoms with Crippen LogP contribution in [0.1, 0.15) is 32.6 Å². The molecule has 0 amide bonds. The zero-order valence-corrected chi connectivity index (χ0v) is 7.01. The number of unbranched alkanes of at least 4 members (excludes halogenated alkanes) is 1. The van der Waals surface area contributed by atoms with Crippen molar-refractivity contribution < 1.29 is 10.2 Å². The zero-order valence-electron chi connectivity index (χ0n) is 7.01. The quantitative estimate of drug-likeness (QED) is 0.469. The van der Waals surface area contributed by atoms with Crippen molar-refractivity contribution in [2.24, 2.45) is 0 Å². The summed E-state index contributed by atoms with van der Waals surface area (Å²) in [5, 5.41) is 17.5. The topological polar surface area (TPSA) is 40.5 Å². The van der Waals surface area contributed by atoms with Crippen LogP contribution in [0.15, 0.2) is 0 Å². The summed E-state index contributed by atoms with van der Waals surface area (Å²) in [6, 6.07) is 0. The fraction of sp³-hybridized carbons (Fsp3) is 0.778. The zero-order chi connectivity index (χ0) is 8.53. The highest BCUT2D eigenvalue weighted by Gasteiger charge is 1.93. The van der Waals surface area contributed by atoms with E-state index < -0.39 is 6.10 Å². The minimum Gasteiger partial charge on any atom is -0.396 e. The molecule has 0 aliphatic rings. The van der Waals surface area contributed by atoms with Crippen LogP contribution < -0.4 is 0 Å². The standard InChI is InChI=1S/C9H16O2/c1-2-6-9(11)7-4-3-5-8-10/h9-11H,2-3,5-6,8H2,1H3. The molecule has 0 aliphatic heterocycles. The van der Waals surface area contributed by atoms with Crippen molar-refractivity contribution in [3.05, 3.63) is 0 Å². The van der Waals surface area contributed by atoms with Gasteiger partial charge < -0.3 is 10.2 Å². The Morgan fingerprint density at radius 2 is 2.18 bits per heavy atom. The van der Waals surface area contributed by atoms with Crippen molar-refractivity contribution in [3.63, 3.8) is 0 Å². The minimum absolute atomic E-state index is 0.179. The van der Waals surface area contributed by atoms with Gasteiger partial charge in [-0.05, 0) is 12.8 Å². The number of rotatable bonds is 4. The second-order valence-electron chi connectivity index (χ2n) is 2.45. The van der Waals surface area contributed by atoms with E-state index in [1.54, 1.807) is 0 Å². The Balaban J connectivity index is 3.34. The molecule has 1 unspecified atom stereocenters. The lowest BCUT2D eigenvalue weighted by molar-refractivity contribution is 0.220. The number of aliphatic hydroxyl groups excluding tert-OH is 2. The second-order valence-corrected chi connectivity index (χ2v) is 2.45. The van der Waals surface area contributed by atoms with Gasteiger partial charge in [0, 0.05) is 13.0 Å². The predicted molar refractivity (Wildman–Crippen MR) is 45.0 cm³/mol. The highest BCUT2D eigenvalue weighted by atomic mass is 16.3. The maximum atomic E-state index is 9.11. The van der Waals surface area contributed by atoms with Crippen molar-refractivity contribution in [1.82, 2.24) is 0 Å². The minimum atomic E-state index is -0.473. The first kappa shape index (κ1) is 10.5. The largest absolute Gasteiger partial charge is 0.396 e. The predicted octanol–water partition coefficient (Wildman–Crippen LogP) is 0.923. The van der Waals surface area contributed by atoms with Crippen LogP contribution in [0.3, 0.4) is 0 Å². The lowest BCUT2D eigenvalue weighted by Gasteiger charge is -1.97. The van der Waals surface area contributed by atoms with Gasteiger partial charge in [-0.3, -0.25) is 0 Å². The van der Waals surface area contributed by atoms with Gasteiger partial charge in [0.25, 0.3) is 0 Å².